The van der Waals surface area contributed by atoms with Gasteiger partial charge in [-0.1, -0.05) is 54.6 Å². The average Bonchev–Trinajstić information content (AvgIpc) is 3.40. The van der Waals surface area contributed by atoms with Gasteiger partial charge < -0.3 is 4.74 Å². The smallest absolute Gasteiger partial charge is 0.241 e. The van der Waals surface area contributed by atoms with Crippen LogP contribution in [0.15, 0.2) is 78.9 Å². The Kier molecular flexibility index (Phi) is 4.04. The Morgan fingerprint density at radius 3 is 1.91 bits per heavy atom. The van der Waals surface area contributed by atoms with Gasteiger partial charge in [0.05, 0.1) is 23.6 Å². The minimum absolute atomic E-state index is 0.166. The number of para-hydroxylation sites is 1. The highest BCUT2D eigenvalue weighted by molar-refractivity contribution is 6.37. The number of rotatable bonds is 2. The van der Waals surface area contributed by atoms with Crippen molar-refractivity contribution in [1.29, 1.82) is 0 Å². The molecule has 1 spiro atoms. The highest BCUT2D eigenvalue weighted by Crippen LogP contribution is 2.57. The lowest BCUT2D eigenvalue weighted by Crippen LogP contribution is -2.51. The number of carbonyl (C=O) groups excluding carboxylic acids is 4. The van der Waals surface area contributed by atoms with Crippen LogP contribution in [0.1, 0.15) is 32.4 Å². The number of halogens is 1. The fourth-order valence-corrected chi connectivity index (χ4v) is 5.30. The van der Waals surface area contributed by atoms with Crippen LogP contribution in [0.25, 0.3) is 0 Å². The van der Waals surface area contributed by atoms with E-state index in [9.17, 15) is 23.6 Å². The quantitative estimate of drug-likeness (QED) is 0.449. The molecule has 2 heterocycles. The third-order valence-electron chi connectivity index (χ3n) is 6.73. The summed E-state index contributed by atoms with van der Waals surface area (Å²) in [5, 5.41) is 0. The van der Waals surface area contributed by atoms with Crippen LogP contribution in [0.3, 0.4) is 0 Å². The normalized spacial score (nSPS) is 25.1. The summed E-state index contributed by atoms with van der Waals surface area (Å²) in [4.78, 5) is 55.5. The second-order valence-electron chi connectivity index (χ2n) is 8.38. The van der Waals surface area contributed by atoms with Crippen molar-refractivity contribution in [2.24, 2.45) is 11.8 Å². The lowest BCUT2D eigenvalue weighted by atomic mass is 9.77. The summed E-state index contributed by atoms with van der Waals surface area (Å²) in [5.74, 6) is -5.38. The largest absolute Gasteiger partial charge is 0.349 e. The zero-order chi connectivity index (χ0) is 22.9. The van der Waals surface area contributed by atoms with Crippen molar-refractivity contribution in [2.45, 2.75) is 11.7 Å². The van der Waals surface area contributed by atoms with Gasteiger partial charge in [0, 0.05) is 11.1 Å². The van der Waals surface area contributed by atoms with Crippen LogP contribution >= 0.6 is 0 Å². The summed E-state index contributed by atoms with van der Waals surface area (Å²) >= 11 is 0. The molecule has 0 aromatic heterocycles. The fraction of sp³-hybridized carbons (Fsp3) is 0.154. The van der Waals surface area contributed by atoms with Crippen molar-refractivity contribution >= 4 is 29.1 Å². The number of hydrogen-bond donors (Lipinski definition) is 0. The molecule has 0 unspecified atom stereocenters. The third-order valence-corrected chi connectivity index (χ3v) is 6.73. The predicted molar refractivity (Wildman–Crippen MR) is 114 cm³/mol. The van der Waals surface area contributed by atoms with Crippen molar-refractivity contribution in [3.05, 3.63) is 101 Å². The van der Waals surface area contributed by atoms with Gasteiger partial charge in [-0.3, -0.25) is 19.2 Å². The van der Waals surface area contributed by atoms with E-state index >= 15 is 0 Å². The molecule has 3 aromatic rings. The van der Waals surface area contributed by atoms with Gasteiger partial charge in [0.25, 0.3) is 0 Å². The van der Waals surface area contributed by atoms with Gasteiger partial charge in [-0.25, -0.2) is 9.29 Å². The molecule has 0 saturated carbocycles. The first-order valence-corrected chi connectivity index (χ1v) is 10.5. The van der Waals surface area contributed by atoms with Gasteiger partial charge in [0.2, 0.25) is 29.0 Å². The van der Waals surface area contributed by atoms with Crippen LogP contribution in [0.2, 0.25) is 0 Å². The van der Waals surface area contributed by atoms with Crippen LogP contribution in [-0.2, 0) is 14.3 Å². The number of ketones is 2. The van der Waals surface area contributed by atoms with Crippen LogP contribution < -0.4 is 4.90 Å². The average molecular weight is 441 g/mol. The first-order valence-electron chi connectivity index (χ1n) is 10.5. The maximum Gasteiger partial charge on any atom is 0.241 e. The highest BCUT2D eigenvalue weighted by atomic mass is 19.1. The second-order valence-corrected chi connectivity index (χ2v) is 8.38. The molecule has 1 aliphatic carbocycles. The van der Waals surface area contributed by atoms with E-state index in [1.165, 1.54) is 36.4 Å². The molecule has 0 radical (unpaired) electrons. The summed E-state index contributed by atoms with van der Waals surface area (Å²) in [6.07, 6.45) is -1.07. The molecule has 0 N–H and O–H groups in total. The van der Waals surface area contributed by atoms with Crippen LogP contribution in [0, 0.1) is 17.7 Å². The monoisotopic (exact) mass is 441 g/mol. The number of amides is 2. The molecular formula is C26H16FNO5. The van der Waals surface area contributed by atoms with E-state index in [4.69, 9.17) is 4.74 Å². The molecule has 3 aliphatic rings. The summed E-state index contributed by atoms with van der Waals surface area (Å²) in [7, 11) is 0. The lowest BCUT2D eigenvalue weighted by molar-refractivity contribution is -0.127. The number of hydrogen-bond acceptors (Lipinski definition) is 5. The van der Waals surface area contributed by atoms with Gasteiger partial charge in [0.1, 0.15) is 5.82 Å². The van der Waals surface area contributed by atoms with Crippen LogP contribution in [-0.4, -0.2) is 29.0 Å². The molecule has 2 saturated heterocycles. The van der Waals surface area contributed by atoms with E-state index in [1.807, 2.05) is 0 Å². The number of carbonyl (C=O) groups is 4. The molecular weight excluding hydrogens is 425 g/mol. The molecule has 3 aromatic carbocycles. The number of nitrogens with zero attached hydrogens (tertiary/aromatic N) is 1. The second kappa shape index (κ2) is 6.76. The SMILES string of the molecule is O=C1[C@@H]2[C@@H](C(=O)N1c1ccccc1)C1(O[C@H]2c2ccc(F)cc2)C(=O)c2ccccc2C1=O. The molecule has 2 aliphatic heterocycles. The van der Waals surface area contributed by atoms with Crippen molar-refractivity contribution in [1.82, 2.24) is 0 Å². The summed E-state index contributed by atoms with van der Waals surface area (Å²) in [5.41, 5.74) is -1.04. The Bertz CT molecular complexity index is 1320. The van der Waals surface area contributed by atoms with Gasteiger partial charge in [-0.15, -0.1) is 0 Å². The van der Waals surface area contributed by atoms with Gasteiger partial charge >= 0.3 is 0 Å². The minimum atomic E-state index is -2.14. The molecule has 162 valence electrons. The number of imide groups is 1. The molecule has 6 rings (SSSR count). The van der Waals surface area contributed by atoms with Gasteiger partial charge in [0.15, 0.2) is 0 Å². The summed E-state index contributed by atoms with van der Waals surface area (Å²) in [6.45, 7) is 0. The lowest BCUT2D eigenvalue weighted by Gasteiger charge is -2.27. The van der Waals surface area contributed by atoms with Crippen molar-refractivity contribution < 1.29 is 28.3 Å². The summed E-state index contributed by atoms with van der Waals surface area (Å²) in [6, 6.07) is 20.0. The summed E-state index contributed by atoms with van der Waals surface area (Å²) < 4.78 is 19.7. The Labute approximate surface area is 187 Å². The first kappa shape index (κ1) is 19.7. The van der Waals surface area contributed by atoms with Gasteiger partial charge in [-0.2, -0.15) is 0 Å². The number of fused-ring (bicyclic) bond motifs is 3. The van der Waals surface area contributed by atoms with Crippen molar-refractivity contribution in [3.63, 3.8) is 0 Å². The number of Topliss-reactive ketones (excluding diaryl/α,β-unsaturated/α-hetero) is 2. The Morgan fingerprint density at radius 2 is 1.30 bits per heavy atom. The van der Waals surface area contributed by atoms with E-state index in [2.05, 4.69) is 0 Å². The Hall–Kier alpha value is -3.97. The highest BCUT2D eigenvalue weighted by Gasteiger charge is 2.74. The predicted octanol–water partition coefficient (Wildman–Crippen LogP) is 3.52. The minimum Gasteiger partial charge on any atom is -0.349 e. The maximum absolute atomic E-state index is 13.7. The zero-order valence-corrected chi connectivity index (χ0v) is 17.1. The topological polar surface area (TPSA) is 80.8 Å². The van der Waals surface area contributed by atoms with Crippen molar-refractivity contribution in [3.8, 4) is 0 Å². The number of ether oxygens (including phenoxy) is 1. The van der Waals surface area contributed by atoms with E-state index in [0.29, 0.717) is 11.3 Å². The van der Waals surface area contributed by atoms with E-state index in [-0.39, 0.29) is 11.1 Å². The van der Waals surface area contributed by atoms with E-state index < -0.39 is 52.7 Å². The maximum atomic E-state index is 13.7. The molecule has 3 atom stereocenters. The van der Waals surface area contributed by atoms with Crippen molar-refractivity contribution in [2.75, 3.05) is 4.90 Å². The standard InChI is InChI=1S/C26H16FNO5/c27-15-12-10-14(11-13-15)21-19-20(25(32)28(24(19)31)16-6-2-1-3-7-16)26(33-21)22(29)17-8-4-5-9-18(17)23(26)30/h1-13,19-21H/t19-,20+,21+/m1/s1. The number of benzene rings is 3. The molecule has 2 amide bonds. The van der Waals surface area contributed by atoms with Gasteiger partial charge in [-0.05, 0) is 29.8 Å². The Morgan fingerprint density at radius 1 is 0.727 bits per heavy atom. The molecule has 7 heteroatoms. The molecule has 6 nitrogen and oxygen atoms in total. The molecule has 2 fully saturated rings. The molecule has 0 bridgehead atoms. The van der Waals surface area contributed by atoms with E-state index in [0.717, 1.165) is 4.90 Å². The van der Waals surface area contributed by atoms with Crippen LogP contribution in [0.4, 0.5) is 10.1 Å². The third kappa shape index (κ3) is 2.45. The number of anilines is 1. The fourth-order valence-electron chi connectivity index (χ4n) is 5.30. The Balaban J connectivity index is 1.55. The zero-order valence-electron chi connectivity index (χ0n) is 17.1. The molecule has 33 heavy (non-hydrogen) atoms. The first-order chi connectivity index (χ1) is 15.9. The van der Waals surface area contributed by atoms with E-state index in [1.54, 1.807) is 42.5 Å². The van der Waals surface area contributed by atoms with Crippen LogP contribution in [0.5, 0.6) is 0 Å².